The topological polar surface area (TPSA) is 29.0 Å². The molecule has 3 nitrogen and oxygen atoms in total. The van der Waals surface area contributed by atoms with Gasteiger partial charge in [0.15, 0.2) is 0 Å². The fourth-order valence-electron chi connectivity index (χ4n) is 2.97. The molecule has 0 aliphatic carbocycles. The number of benzene rings is 1. The molecule has 3 heteroatoms. The first kappa shape index (κ1) is 13.3. The van der Waals surface area contributed by atoms with E-state index in [1.165, 1.54) is 30.6 Å². The van der Waals surface area contributed by atoms with Crippen molar-refractivity contribution in [3.63, 3.8) is 0 Å². The molecule has 3 rings (SSSR count). The van der Waals surface area contributed by atoms with Crippen molar-refractivity contribution in [1.82, 2.24) is 14.9 Å². The summed E-state index contributed by atoms with van der Waals surface area (Å²) in [6.07, 6.45) is 7.17. The van der Waals surface area contributed by atoms with Crippen molar-refractivity contribution in [1.29, 1.82) is 0 Å². The van der Waals surface area contributed by atoms with E-state index in [0.29, 0.717) is 5.92 Å². The molecule has 0 saturated carbocycles. The molecule has 1 atom stereocenters. The average molecular weight is 267 g/mol. The normalized spacial score (nSPS) is 19.9. The molecule has 0 N–H and O–H groups in total. The van der Waals surface area contributed by atoms with Crippen LogP contribution in [-0.2, 0) is 6.42 Å². The third-order valence-corrected chi connectivity index (χ3v) is 4.09. The Balaban J connectivity index is 1.56. The number of piperidine rings is 1. The highest BCUT2D eigenvalue weighted by Crippen LogP contribution is 2.25. The van der Waals surface area contributed by atoms with Gasteiger partial charge in [-0.05, 0) is 37.4 Å². The van der Waals surface area contributed by atoms with Gasteiger partial charge in [0.1, 0.15) is 6.33 Å². The Labute approximate surface area is 120 Å². The average Bonchev–Trinajstić information content (AvgIpc) is 2.55. The number of aromatic nitrogens is 2. The third kappa shape index (κ3) is 3.42. The molecule has 1 aromatic carbocycles. The Morgan fingerprint density at radius 3 is 2.85 bits per heavy atom. The highest BCUT2D eigenvalue weighted by atomic mass is 15.1. The molecule has 2 aromatic rings. The lowest BCUT2D eigenvalue weighted by atomic mass is 9.94. The highest BCUT2D eigenvalue weighted by molar-refractivity contribution is 5.15. The van der Waals surface area contributed by atoms with Gasteiger partial charge in [0.2, 0.25) is 0 Å². The van der Waals surface area contributed by atoms with Crippen molar-refractivity contribution in [2.75, 3.05) is 19.6 Å². The summed E-state index contributed by atoms with van der Waals surface area (Å²) >= 11 is 0. The standard InChI is InChI=1S/C17H21N3/c1-2-5-15(6-3-1)9-12-20-11-4-7-16(13-20)17-8-10-18-14-19-17/h1-3,5-6,8,10,14,16H,4,7,9,11-13H2/t16-/m0/s1. The van der Waals surface area contributed by atoms with Crippen molar-refractivity contribution in [3.05, 3.63) is 60.2 Å². The minimum atomic E-state index is 0.572. The molecular formula is C17H21N3. The van der Waals surface area contributed by atoms with E-state index in [1.807, 2.05) is 6.20 Å². The third-order valence-electron chi connectivity index (χ3n) is 4.09. The van der Waals surface area contributed by atoms with E-state index < -0.39 is 0 Å². The van der Waals surface area contributed by atoms with Gasteiger partial charge in [-0.25, -0.2) is 9.97 Å². The summed E-state index contributed by atoms with van der Waals surface area (Å²) in [5.74, 6) is 0.572. The lowest BCUT2D eigenvalue weighted by Gasteiger charge is -2.32. The molecule has 1 saturated heterocycles. The second-order valence-electron chi connectivity index (χ2n) is 5.51. The van der Waals surface area contributed by atoms with Crippen LogP contribution in [0.3, 0.4) is 0 Å². The first-order valence-electron chi connectivity index (χ1n) is 7.44. The molecule has 1 aliphatic rings. The minimum Gasteiger partial charge on any atom is -0.302 e. The Morgan fingerprint density at radius 2 is 2.05 bits per heavy atom. The molecule has 0 spiro atoms. The van der Waals surface area contributed by atoms with Crippen LogP contribution >= 0.6 is 0 Å². The lowest BCUT2D eigenvalue weighted by Crippen LogP contribution is -2.36. The Bertz CT molecular complexity index is 512. The van der Waals surface area contributed by atoms with Gasteiger partial charge in [-0.3, -0.25) is 0 Å². The van der Waals surface area contributed by atoms with E-state index in [4.69, 9.17) is 0 Å². The number of nitrogens with zero attached hydrogens (tertiary/aromatic N) is 3. The summed E-state index contributed by atoms with van der Waals surface area (Å²) in [4.78, 5) is 11.0. The summed E-state index contributed by atoms with van der Waals surface area (Å²) in [6.45, 7) is 3.49. The van der Waals surface area contributed by atoms with Crippen LogP contribution in [0.1, 0.15) is 30.0 Å². The fraction of sp³-hybridized carbons (Fsp3) is 0.412. The van der Waals surface area contributed by atoms with Gasteiger partial charge in [0, 0.05) is 30.9 Å². The summed E-state index contributed by atoms with van der Waals surface area (Å²) in [7, 11) is 0. The van der Waals surface area contributed by atoms with Gasteiger partial charge >= 0.3 is 0 Å². The number of likely N-dealkylation sites (tertiary alicyclic amines) is 1. The number of hydrogen-bond donors (Lipinski definition) is 0. The van der Waals surface area contributed by atoms with Crippen LogP contribution < -0.4 is 0 Å². The zero-order valence-corrected chi connectivity index (χ0v) is 11.8. The van der Waals surface area contributed by atoms with Crippen LogP contribution in [0.25, 0.3) is 0 Å². The van der Waals surface area contributed by atoms with Crippen molar-refractivity contribution in [2.45, 2.75) is 25.2 Å². The maximum absolute atomic E-state index is 4.42. The van der Waals surface area contributed by atoms with Crippen LogP contribution in [0.15, 0.2) is 48.9 Å². The molecule has 1 fully saturated rings. The monoisotopic (exact) mass is 267 g/mol. The summed E-state index contributed by atoms with van der Waals surface area (Å²) < 4.78 is 0. The first-order valence-corrected chi connectivity index (χ1v) is 7.44. The number of rotatable bonds is 4. The zero-order chi connectivity index (χ0) is 13.6. The van der Waals surface area contributed by atoms with Gasteiger partial charge in [-0.1, -0.05) is 30.3 Å². The van der Waals surface area contributed by atoms with Crippen LogP contribution in [-0.4, -0.2) is 34.5 Å². The Hall–Kier alpha value is -1.74. The van der Waals surface area contributed by atoms with Crippen LogP contribution in [0.5, 0.6) is 0 Å². The van der Waals surface area contributed by atoms with Crippen LogP contribution in [0.4, 0.5) is 0 Å². The molecule has 104 valence electrons. The van der Waals surface area contributed by atoms with E-state index in [1.54, 1.807) is 6.33 Å². The summed E-state index contributed by atoms with van der Waals surface area (Å²) in [5.41, 5.74) is 2.63. The predicted molar refractivity (Wildman–Crippen MR) is 80.6 cm³/mol. The summed E-state index contributed by atoms with van der Waals surface area (Å²) in [6, 6.07) is 12.8. The van der Waals surface area contributed by atoms with Crippen LogP contribution in [0.2, 0.25) is 0 Å². The molecule has 20 heavy (non-hydrogen) atoms. The predicted octanol–water partition coefficient (Wildman–Crippen LogP) is 2.90. The number of hydrogen-bond acceptors (Lipinski definition) is 3. The highest BCUT2D eigenvalue weighted by Gasteiger charge is 2.21. The van der Waals surface area contributed by atoms with Crippen molar-refractivity contribution < 1.29 is 0 Å². The molecule has 0 amide bonds. The van der Waals surface area contributed by atoms with Crippen molar-refractivity contribution in [2.24, 2.45) is 0 Å². The smallest absolute Gasteiger partial charge is 0.115 e. The fourth-order valence-corrected chi connectivity index (χ4v) is 2.97. The second kappa shape index (κ2) is 6.62. The van der Waals surface area contributed by atoms with Crippen molar-refractivity contribution >= 4 is 0 Å². The zero-order valence-electron chi connectivity index (χ0n) is 11.8. The van der Waals surface area contributed by atoms with E-state index in [0.717, 1.165) is 19.5 Å². The SMILES string of the molecule is c1ccc(CCN2CCC[C@H](c3ccncn3)C2)cc1. The molecule has 0 bridgehead atoms. The van der Waals surface area contributed by atoms with Crippen molar-refractivity contribution in [3.8, 4) is 0 Å². The molecule has 0 radical (unpaired) electrons. The van der Waals surface area contributed by atoms with Gasteiger partial charge in [0.05, 0.1) is 0 Å². The second-order valence-corrected chi connectivity index (χ2v) is 5.51. The molecule has 1 aliphatic heterocycles. The van der Waals surface area contributed by atoms with Gasteiger partial charge in [-0.15, -0.1) is 0 Å². The van der Waals surface area contributed by atoms with Gasteiger partial charge in [0.25, 0.3) is 0 Å². The summed E-state index contributed by atoms with van der Waals surface area (Å²) in [5, 5.41) is 0. The maximum atomic E-state index is 4.42. The first-order chi connectivity index (χ1) is 9.92. The largest absolute Gasteiger partial charge is 0.302 e. The minimum absolute atomic E-state index is 0.572. The molecular weight excluding hydrogens is 246 g/mol. The molecule has 1 aromatic heterocycles. The molecule has 2 heterocycles. The maximum Gasteiger partial charge on any atom is 0.115 e. The van der Waals surface area contributed by atoms with E-state index >= 15 is 0 Å². The van der Waals surface area contributed by atoms with E-state index in [2.05, 4.69) is 51.3 Å². The van der Waals surface area contributed by atoms with Crippen LogP contribution in [0, 0.1) is 0 Å². The van der Waals surface area contributed by atoms with Gasteiger partial charge in [-0.2, -0.15) is 0 Å². The Morgan fingerprint density at radius 1 is 1.15 bits per heavy atom. The van der Waals surface area contributed by atoms with E-state index in [-0.39, 0.29) is 0 Å². The lowest BCUT2D eigenvalue weighted by molar-refractivity contribution is 0.208. The molecule has 0 unspecified atom stereocenters. The van der Waals surface area contributed by atoms with Gasteiger partial charge < -0.3 is 4.90 Å². The quantitative estimate of drug-likeness (QED) is 0.853. The Kier molecular flexibility index (Phi) is 4.38. The van der Waals surface area contributed by atoms with E-state index in [9.17, 15) is 0 Å².